The van der Waals surface area contributed by atoms with E-state index in [1.807, 2.05) is 13.8 Å². The predicted octanol–water partition coefficient (Wildman–Crippen LogP) is 1.40. The van der Waals surface area contributed by atoms with Gasteiger partial charge in [0.1, 0.15) is 0 Å². The zero-order valence-corrected chi connectivity index (χ0v) is 8.53. The van der Waals surface area contributed by atoms with Gasteiger partial charge in [0.05, 0.1) is 0 Å². The molecule has 0 aliphatic heterocycles. The molecule has 0 saturated carbocycles. The second kappa shape index (κ2) is 5.32. The Hall–Kier alpha value is -1.45. The third kappa shape index (κ3) is 2.80. The summed E-state index contributed by atoms with van der Waals surface area (Å²) in [5.74, 6) is 0.0405. The van der Waals surface area contributed by atoms with Crippen molar-refractivity contribution in [1.82, 2.24) is 15.3 Å². The molecule has 0 aromatic carbocycles. The Morgan fingerprint density at radius 1 is 1.36 bits per heavy atom. The van der Waals surface area contributed by atoms with Gasteiger partial charge in [-0.3, -0.25) is 4.79 Å². The summed E-state index contributed by atoms with van der Waals surface area (Å²) in [5, 5.41) is 2.87. The molecule has 14 heavy (non-hydrogen) atoms. The first-order valence-electron chi connectivity index (χ1n) is 4.85. The van der Waals surface area contributed by atoms with E-state index in [4.69, 9.17) is 0 Å². The van der Waals surface area contributed by atoms with Crippen LogP contribution in [0.5, 0.6) is 0 Å². The quantitative estimate of drug-likeness (QED) is 0.786. The van der Waals surface area contributed by atoms with Crippen LogP contribution in [0.4, 0.5) is 0 Å². The zero-order valence-electron chi connectivity index (χ0n) is 8.53. The fourth-order valence-corrected chi connectivity index (χ4v) is 1.16. The Morgan fingerprint density at radius 3 is 2.43 bits per heavy atom. The number of carbonyl (C=O) groups is 1. The van der Waals surface area contributed by atoms with Gasteiger partial charge in [0.15, 0.2) is 0 Å². The molecule has 1 rings (SSSR count). The van der Waals surface area contributed by atoms with E-state index in [1.165, 1.54) is 0 Å². The third-order valence-electron chi connectivity index (χ3n) is 2.09. The average molecular weight is 193 g/mol. The fourth-order valence-electron chi connectivity index (χ4n) is 1.16. The van der Waals surface area contributed by atoms with Crippen LogP contribution in [-0.4, -0.2) is 21.9 Å². The molecule has 0 aliphatic rings. The van der Waals surface area contributed by atoms with Crippen molar-refractivity contribution in [2.24, 2.45) is 0 Å². The number of rotatable bonds is 4. The summed E-state index contributed by atoms with van der Waals surface area (Å²) in [5.41, 5.74) is 0. The van der Waals surface area contributed by atoms with Crippen LogP contribution in [0.25, 0.3) is 0 Å². The predicted molar refractivity (Wildman–Crippen MR) is 53.9 cm³/mol. The molecule has 1 N–H and O–H groups in total. The van der Waals surface area contributed by atoms with Crippen LogP contribution in [0, 0.1) is 0 Å². The SMILES string of the molecule is CCC(CC)NC(=O)c1ncccn1. The van der Waals surface area contributed by atoms with Crippen LogP contribution in [-0.2, 0) is 0 Å². The topological polar surface area (TPSA) is 54.9 Å². The van der Waals surface area contributed by atoms with E-state index < -0.39 is 0 Å². The molecule has 4 heteroatoms. The molecule has 0 radical (unpaired) electrons. The number of nitrogens with one attached hydrogen (secondary N) is 1. The summed E-state index contributed by atoms with van der Waals surface area (Å²) in [6.07, 6.45) is 4.98. The van der Waals surface area contributed by atoms with Crippen LogP contribution >= 0.6 is 0 Å². The molecule has 0 unspecified atom stereocenters. The summed E-state index contributed by atoms with van der Waals surface area (Å²) < 4.78 is 0. The number of aromatic nitrogens is 2. The summed E-state index contributed by atoms with van der Waals surface area (Å²) >= 11 is 0. The van der Waals surface area contributed by atoms with Gasteiger partial charge in [-0.15, -0.1) is 0 Å². The molecule has 0 aliphatic carbocycles. The monoisotopic (exact) mass is 193 g/mol. The Kier molecular flexibility index (Phi) is 4.04. The molecule has 76 valence electrons. The molecule has 0 saturated heterocycles. The molecule has 1 aromatic rings. The lowest BCUT2D eigenvalue weighted by molar-refractivity contribution is 0.0924. The Morgan fingerprint density at radius 2 is 1.93 bits per heavy atom. The third-order valence-corrected chi connectivity index (χ3v) is 2.09. The Balaban J connectivity index is 2.59. The first-order chi connectivity index (χ1) is 6.77. The summed E-state index contributed by atoms with van der Waals surface area (Å²) in [4.78, 5) is 19.3. The van der Waals surface area contributed by atoms with Crippen molar-refractivity contribution in [3.63, 3.8) is 0 Å². The largest absolute Gasteiger partial charge is 0.347 e. The van der Waals surface area contributed by atoms with Crippen LogP contribution in [0.15, 0.2) is 18.5 Å². The molecule has 1 heterocycles. The smallest absolute Gasteiger partial charge is 0.289 e. The van der Waals surface area contributed by atoms with Gasteiger partial charge in [-0.25, -0.2) is 9.97 Å². The lowest BCUT2D eigenvalue weighted by Gasteiger charge is -2.13. The average Bonchev–Trinajstić information content (AvgIpc) is 2.26. The second-order valence-electron chi connectivity index (χ2n) is 3.06. The van der Waals surface area contributed by atoms with Crippen molar-refractivity contribution in [1.29, 1.82) is 0 Å². The first-order valence-corrected chi connectivity index (χ1v) is 4.85. The molecule has 1 aromatic heterocycles. The number of hydrogen-bond acceptors (Lipinski definition) is 3. The Bertz CT molecular complexity index is 283. The van der Waals surface area contributed by atoms with Crippen LogP contribution in [0.2, 0.25) is 0 Å². The van der Waals surface area contributed by atoms with Gasteiger partial charge in [0.25, 0.3) is 5.91 Å². The van der Waals surface area contributed by atoms with E-state index in [2.05, 4.69) is 15.3 Å². The van der Waals surface area contributed by atoms with Gasteiger partial charge in [-0.2, -0.15) is 0 Å². The van der Waals surface area contributed by atoms with E-state index in [0.29, 0.717) is 0 Å². The first kappa shape index (κ1) is 10.6. The van der Waals surface area contributed by atoms with Crippen molar-refractivity contribution in [3.05, 3.63) is 24.3 Å². The number of amides is 1. The van der Waals surface area contributed by atoms with Gasteiger partial charge >= 0.3 is 0 Å². The minimum atomic E-state index is -0.195. The number of nitrogens with zero attached hydrogens (tertiary/aromatic N) is 2. The maximum absolute atomic E-state index is 11.5. The van der Waals surface area contributed by atoms with Gasteiger partial charge < -0.3 is 5.32 Å². The van der Waals surface area contributed by atoms with Crippen LogP contribution in [0.1, 0.15) is 37.3 Å². The normalized spacial score (nSPS) is 10.2. The molecule has 0 atom stereocenters. The molecule has 0 fully saturated rings. The van der Waals surface area contributed by atoms with Gasteiger partial charge in [-0.05, 0) is 18.9 Å². The van der Waals surface area contributed by atoms with Gasteiger partial charge in [-0.1, -0.05) is 13.8 Å². The lowest BCUT2D eigenvalue weighted by atomic mass is 10.2. The van der Waals surface area contributed by atoms with E-state index in [1.54, 1.807) is 18.5 Å². The van der Waals surface area contributed by atoms with Crippen molar-refractivity contribution in [2.75, 3.05) is 0 Å². The number of carbonyl (C=O) groups excluding carboxylic acids is 1. The fraction of sp³-hybridized carbons (Fsp3) is 0.500. The van der Waals surface area contributed by atoms with E-state index in [0.717, 1.165) is 12.8 Å². The second-order valence-corrected chi connectivity index (χ2v) is 3.06. The zero-order chi connectivity index (χ0) is 10.4. The minimum absolute atomic E-state index is 0.195. The van der Waals surface area contributed by atoms with E-state index >= 15 is 0 Å². The Labute approximate surface area is 83.8 Å². The summed E-state index contributed by atoms with van der Waals surface area (Å²) in [6.45, 7) is 4.08. The highest BCUT2D eigenvalue weighted by atomic mass is 16.2. The maximum Gasteiger partial charge on any atom is 0.289 e. The van der Waals surface area contributed by atoms with Gasteiger partial charge in [0, 0.05) is 18.4 Å². The van der Waals surface area contributed by atoms with Crippen LogP contribution < -0.4 is 5.32 Å². The molecular weight excluding hydrogens is 178 g/mol. The van der Waals surface area contributed by atoms with Crippen molar-refractivity contribution < 1.29 is 4.79 Å². The molecular formula is C10H15N3O. The highest BCUT2D eigenvalue weighted by molar-refractivity contribution is 5.90. The van der Waals surface area contributed by atoms with Crippen molar-refractivity contribution in [3.8, 4) is 0 Å². The van der Waals surface area contributed by atoms with Gasteiger partial charge in [0.2, 0.25) is 5.82 Å². The van der Waals surface area contributed by atoms with Crippen LogP contribution in [0.3, 0.4) is 0 Å². The highest BCUT2D eigenvalue weighted by Crippen LogP contribution is 1.97. The van der Waals surface area contributed by atoms with Crippen molar-refractivity contribution in [2.45, 2.75) is 32.7 Å². The maximum atomic E-state index is 11.5. The molecule has 1 amide bonds. The standard InChI is InChI=1S/C10H15N3O/c1-3-8(4-2)13-10(14)9-11-6-5-7-12-9/h5-8H,3-4H2,1-2H3,(H,13,14). The molecule has 0 bridgehead atoms. The highest BCUT2D eigenvalue weighted by Gasteiger charge is 2.11. The summed E-state index contributed by atoms with van der Waals surface area (Å²) in [6, 6.07) is 1.90. The van der Waals surface area contributed by atoms with E-state index in [9.17, 15) is 4.79 Å². The van der Waals surface area contributed by atoms with E-state index in [-0.39, 0.29) is 17.8 Å². The number of hydrogen-bond donors (Lipinski definition) is 1. The summed E-state index contributed by atoms with van der Waals surface area (Å²) in [7, 11) is 0. The lowest BCUT2D eigenvalue weighted by Crippen LogP contribution is -2.34. The molecule has 0 spiro atoms. The molecule has 4 nitrogen and oxygen atoms in total. The van der Waals surface area contributed by atoms with Crippen molar-refractivity contribution >= 4 is 5.91 Å². The minimum Gasteiger partial charge on any atom is -0.347 e.